The lowest BCUT2D eigenvalue weighted by molar-refractivity contribution is -0.115. The van der Waals surface area contributed by atoms with Gasteiger partial charge in [-0.25, -0.2) is 4.79 Å². The van der Waals surface area contributed by atoms with E-state index in [9.17, 15) is 9.59 Å². The number of carbonyl (C=O) groups excluding carboxylic acids is 2. The van der Waals surface area contributed by atoms with Crippen LogP contribution in [0.1, 0.15) is 26.3 Å². The van der Waals surface area contributed by atoms with Gasteiger partial charge in [-0.05, 0) is 26.3 Å². The third kappa shape index (κ3) is 5.53. The van der Waals surface area contributed by atoms with Gasteiger partial charge in [0.25, 0.3) is 5.78 Å². The van der Waals surface area contributed by atoms with Crippen LogP contribution in [0.2, 0.25) is 0 Å². The van der Waals surface area contributed by atoms with Crippen molar-refractivity contribution in [2.24, 2.45) is 0 Å². The minimum Gasteiger partial charge on any atom is -0.444 e. The summed E-state index contributed by atoms with van der Waals surface area (Å²) in [6.07, 6.45) is -0.450. The Hall–Kier alpha value is -2.35. The van der Waals surface area contributed by atoms with Crippen LogP contribution in [0.3, 0.4) is 0 Å². The van der Waals surface area contributed by atoms with Gasteiger partial charge < -0.3 is 10.1 Å². The first-order valence-electron chi connectivity index (χ1n) is 6.29. The van der Waals surface area contributed by atoms with E-state index in [2.05, 4.69) is 5.32 Å². The van der Waals surface area contributed by atoms with Gasteiger partial charge in [-0.1, -0.05) is 30.3 Å². The lowest BCUT2D eigenvalue weighted by Gasteiger charge is -2.22. The summed E-state index contributed by atoms with van der Waals surface area (Å²) in [5.74, 6) is -0.695. The van der Waals surface area contributed by atoms with Gasteiger partial charge in [0.15, 0.2) is 0 Å². The standard InChI is InChI=1S/C15H18N2O3/c1-15(2,3)20-14(19)17-12(13(18)10-16)9-11-7-5-4-6-8-11/h4-8,12H,9H2,1-3H3,(H,17,19)/t12-/m0/s1. The number of ketones is 1. The van der Waals surface area contributed by atoms with E-state index in [-0.39, 0.29) is 6.42 Å². The molecule has 0 heterocycles. The van der Waals surface area contributed by atoms with Gasteiger partial charge in [-0.3, -0.25) is 4.79 Å². The fourth-order valence-corrected chi connectivity index (χ4v) is 1.59. The van der Waals surface area contributed by atoms with Crippen LogP contribution < -0.4 is 5.32 Å². The molecule has 1 aromatic rings. The summed E-state index contributed by atoms with van der Waals surface area (Å²) >= 11 is 0. The topological polar surface area (TPSA) is 79.2 Å². The molecule has 0 aliphatic rings. The monoisotopic (exact) mass is 274 g/mol. The number of hydrogen-bond acceptors (Lipinski definition) is 4. The molecular formula is C15H18N2O3. The first-order valence-corrected chi connectivity index (χ1v) is 6.29. The number of ether oxygens (including phenoxy) is 1. The fourth-order valence-electron chi connectivity index (χ4n) is 1.59. The Bertz CT molecular complexity index is 512. The molecule has 0 aromatic heterocycles. The van der Waals surface area contributed by atoms with Crippen molar-refractivity contribution in [3.8, 4) is 6.07 Å². The van der Waals surface area contributed by atoms with Crippen LogP contribution in [0.5, 0.6) is 0 Å². The number of Topliss-reactive ketones (excluding diaryl/α,β-unsaturated/α-hetero) is 1. The molecule has 106 valence electrons. The number of nitrogens with one attached hydrogen (secondary N) is 1. The average molecular weight is 274 g/mol. The van der Waals surface area contributed by atoms with Crippen molar-refractivity contribution in [2.75, 3.05) is 0 Å². The summed E-state index contributed by atoms with van der Waals surface area (Å²) < 4.78 is 5.09. The smallest absolute Gasteiger partial charge is 0.408 e. The maximum absolute atomic E-state index is 11.7. The van der Waals surface area contributed by atoms with Gasteiger partial charge >= 0.3 is 6.09 Å². The summed E-state index contributed by atoms with van der Waals surface area (Å²) in [6, 6.07) is 9.81. The Labute approximate surface area is 118 Å². The van der Waals surface area contributed by atoms with Crippen LogP contribution >= 0.6 is 0 Å². The van der Waals surface area contributed by atoms with Gasteiger partial charge in [-0.2, -0.15) is 5.26 Å². The highest BCUT2D eigenvalue weighted by atomic mass is 16.6. The third-order valence-corrected chi connectivity index (χ3v) is 2.40. The summed E-state index contributed by atoms with van der Waals surface area (Å²) in [7, 11) is 0. The van der Waals surface area contributed by atoms with Gasteiger partial charge in [0, 0.05) is 6.42 Å². The van der Waals surface area contributed by atoms with Crippen molar-refractivity contribution in [1.29, 1.82) is 5.26 Å². The molecule has 0 spiro atoms. The maximum atomic E-state index is 11.7. The molecule has 0 saturated heterocycles. The van der Waals surface area contributed by atoms with E-state index >= 15 is 0 Å². The van der Waals surface area contributed by atoms with E-state index in [4.69, 9.17) is 10.00 Å². The normalized spacial score (nSPS) is 12.1. The lowest BCUT2D eigenvalue weighted by Crippen LogP contribution is -2.44. The number of nitriles is 1. The summed E-state index contributed by atoms with van der Waals surface area (Å²) in [4.78, 5) is 23.3. The van der Waals surface area contributed by atoms with Gasteiger partial charge in [0.1, 0.15) is 17.7 Å². The number of nitrogens with zero attached hydrogens (tertiary/aromatic N) is 1. The second-order valence-corrected chi connectivity index (χ2v) is 5.36. The highest BCUT2D eigenvalue weighted by Gasteiger charge is 2.24. The second kappa shape index (κ2) is 6.71. The van der Waals surface area contributed by atoms with Crippen LogP contribution in [0.15, 0.2) is 30.3 Å². The molecule has 5 heteroatoms. The zero-order valence-electron chi connectivity index (χ0n) is 11.8. The minimum atomic E-state index is -0.905. The van der Waals surface area contributed by atoms with Crippen molar-refractivity contribution in [3.63, 3.8) is 0 Å². The van der Waals surface area contributed by atoms with Gasteiger partial charge in [0.05, 0.1) is 0 Å². The molecule has 0 aliphatic heterocycles. The Kier molecular flexibility index (Phi) is 5.27. The van der Waals surface area contributed by atoms with Crippen molar-refractivity contribution in [3.05, 3.63) is 35.9 Å². The Balaban J connectivity index is 2.74. The zero-order chi connectivity index (χ0) is 15.2. The van der Waals surface area contributed by atoms with Crippen LogP contribution in [-0.2, 0) is 16.0 Å². The van der Waals surface area contributed by atoms with Crippen LogP contribution in [0, 0.1) is 11.3 Å². The van der Waals surface area contributed by atoms with E-state index in [1.165, 1.54) is 0 Å². The highest BCUT2D eigenvalue weighted by molar-refractivity contribution is 5.99. The van der Waals surface area contributed by atoms with Gasteiger partial charge in [0.2, 0.25) is 0 Å². The first-order chi connectivity index (χ1) is 9.31. The van der Waals surface area contributed by atoms with Crippen molar-refractivity contribution in [1.82, 2.24) is 5.32 Å². The number of carbonyl (C=O) groups is 2. The number of alkyl carbamates (subject to hydrolysis) is 1. The molecule has 0 aliphatic carbocycles. The predicted molar refractivity (Wildman–Crippen MR) is 73.9 cm³/mol. The molecule has 1 atom stereocenters. The number of rotatable bonds is 4. The molecule has 5 nitrogen and oxygen atoms in total. The molecule has 0 radical (unpaired) electrons. The van der Waals surface area contributed by atoms with Crippen LogP contribution in [0.25, 0.3) is 0 Å². The Morgan fingerprint density at radius 3 is 2.40 bits per heavy atom. The summed E-state index contributed by atoms with van der Waals surface area (Å²) in [5, 5.41) is 11.2. The SMILES string of the molecule is CC(C)(C)OC(=O)N[C@@H](Cc1ccccc1)C(=O)C#N. The second-order valence-electron chi connectivity index (χ2n) is 5.36. The van der Waals surface area contributed by atoms with Crippen LogP contribution in [0.4, 0.5) is 4.79 Å². The van der Waals surface area contributed by atoms with E-state index in [0.717, 1.165) is 5.56 Å². The third-order valence-electron chi connectivity index (χ3n) is 2.40. The molecule has 1 aromatic carbocycles. The first kappa shape index (κ1) is 15.7. The van der Waals surface area contributed by atoms with E-state index < -0.39 is 23.5 Å². The summed E-state index contributed by atoms with van der Waals surface area (Å²) in [5.41, 5.74) is 0.203. The fraction of sp³-hybridized carbons (Fsp3) is 0.400. The van der Waals surface area contributed by atoms with E-state index in [1.54, 1.807) is 26.8 Å². The molecule has 1 amide bonds. The van der Waals surface area contributed by atoms with Crippen molar-refractivity contribution < 1.29 is 14.3 Å². The van der Waals surface area contributed by atoms with Crippen LogP contribution in [-0.4, -0.2) is 23.5 Å². The quantitative estimate of drug-likeness (QED) is 0.854. The highest BCUT2D eigenvalue weighted by Crippen LogP contribution is 2.08. The molecule has 1 rings (SSSR count). The zero-order valence-corrected chi connectivity index (χ0v) is 11.8. The molecular weight excluding hydrogens is 256 g/mol. The predicted octanol–water partition coefficient (Wildman–Crippen LogP) is 2.22. The van der Waals surface area contributed by atoms with Gasteiger partial charge in [-0.15, -0.1) is 0 Å². The Morgan fingerprint density at radius 1 is 1.30 bits per heavy atom. The van der Waals surface area contributed by atoms with Crippen molar-refractivity contribution >= 4 is 11.9 Å². The molecule has 20 heavy (non-hydrogen) atoms. The number of amides is 1. The average Bonchev–Trinajstić information content (AvgIpc) is 2.36. The lowest BCUT2D eigenvalue weighted by atomic mass is 10.0. The van der Waals surface area contributed by atoms with Crippen molar-refractivity contribution in [2.45, 2.75) is 38.8 Å². The van der Waals surface area contributed by atoms with E-state index in [1.807, 2.05) is 30.3 Å². The Morgan fingerprint density at radius 2 is 1.90 bits per heavy atom. The number of benzene rings is 1. The van der Waals surface area contributed by atoms with E-state index in [0.29, 0.717) is 0 Å². The minimum absolute atomic E-state index is 0.256. The molecule has 0 saturated carbocycles. The molecule has 1 N–H and O–H groups in total. The molecule has 0 bridgehead atoms. The number of hydrogen-bond donors (Lipinski definition) is 1. The maximum Gasteiger partial charge on any atom is 0.408 e. The largest absolute Gasteiger partial charge is 0.444 e. The molecule has 0 fully saturated rings. The molecule has 0 unspecified atom stereocenters. The summed E-state index contributed by atoms with van der Waals surface area (Å²) in [6.45, 7) is 5.18.